The summed E-state index contributed by atoms with van der Waals surface area (Å²) in [6, 6.07) is 8.33. The van der Waals surface area contributed by atoms with E-state index in [0.717, 1.165) is 38.9 Å². The molecule has 0 radical (unpaired) electrons. The second-order valence-electron chi connectivity index (χ2n) is 6.83. The number of rotatable bonds is 5. The number of carbonyl (C=O) groups excluding carboxylic acids is 2. The average molecular weight is 344 g/mol. The SMILES string of the molecule is CCCN(C(=O)CNC(=O)N1CCc2ccccc2C1)C1CCNC1. The molecule has 1 aromatic carbocycles. The molecule has 1 saturated heterocycles. The molecular formula is C19H28N4O2. The summed E-state index contributed by atoms with van der Waals surface area (Å²) in [6.45, 7) is 6.02. The third-order valence-corrected chi connectivity index (χ3v) is 5.07. The number of hydrogen-bond acceptors (Lipinski definition) is 3. The minimum atomic E-state index is -0.149. The summed E-state index contributed by atoms with van der Waals surface area (Å²) in [6.07, 6.45) is 2.79. The second-order valence-corrected chi connectivity index (χ2v) is 6.83. The van der Waals surface area contributed by atoms with Gasteiger partial charge in [-0.2, -0.15) is 0 Å². The van der Waals surface area contributed by atoms with E-state index in [0.29, 0.717) is 13.1 Å². The summed E-state index contributed by atoms with van der Waals surface area (Å²) in [5.41, 5.74) is 2.50. The number of amides is 3. The largest absolute Gasteiger partial charge is 0.337 e. The quantitative estimate of drug-likeness (QED) is 0.848. The number of urea groups is 1. The van der Waals surface area contributed by atoms with Gasteiger partial charge in [-0.25, -0.2) is 4.79 Å². The van der Waals surface area contributed by atoms with Gasteiger partial charge < -0.3 is 20.4 Å². The van der Waals surface area contributed by atoms with Crippen LogP contribution in [0.4, 0.5) is 4.79 Å². The lowest BCUT2D eigenvalue weighted by molar-refractivity contribution is -0.132. The fourth-order valence-electron chi connectivity index (χ4n) is 3.69. The monoisotopic (exact) mass is 344 g/mol. The predicted molar refractivity (Wildman–Crippen MR) is 97.2 cm³/mol. The highest BCUT2D eigenvalue weighted by atomic mass is 16.2. The van der Waals surface area contributed by atoms with Crippen LogP contribution in [0.25, 0.3) is 0 Å². The maximum atomic E-state index is 12.6. The molecule has 2 N–H and O–H groups in total. The summed E-state index contributed by atoms with van der Waals surface area (Å²) < 4.78 is 0. The average Bonchev–Trinajstić information content (AvgIpc) is 3.17. The fourth-order valence-corrected chi connectivity index (χ4v) is 3.69. The summed E-state index contributed by atoms with van der Waals surface area (Å²) in [5.74, 6) is 0.0151. The lowest BCUT2D eigenvalue weighted by Gasteiger charge is -2.31. The summed E-state index contributed by atoms with van der Waals surface area (Å²) in [4.78, 5) is 28.7. The van der Waals surface area contributed by atoms with E-state index in [4.69, 9.17) is 0 Å². The molecule has 25 heavy (non-hydrogen) atoms. The lowest BCUT2D eigenvalue weighted by atomic mass is 10.0. The lowest BCUT2D eigenvalue weighted by Crippen LogP contribution is -2.49. The topological polar surface area (TPSA) is 64.7 Å². The summed E-state index contributed by atoms with van der Waals surface area (Å²) in [7, 11) is 0. The first-order valence-corrected chi connectivity index (χ1v) is 9.28. The van der Waals surface area contributed by atoms with Gasteiger partial charge >= 0.3 is 6.03 Å². The van der Waals surface area contributed by atoms with Crippen LogP contribution in [-0.4, -0.2) is 60.5 Å². The van der Waals surface area contributed by atoms with Gasteiger partial charge in [0.05, 0.1) is 6.54 Å². The minimum absolute atomic E-state index is 0.0151. The van der Waals surface area contributed by atoms with Crippen molar-refractivity contribution in [2.24, 2.45) is 0 Å². The number of hydrogen-bond donors (Lipinski definition) is 2. The van der Waals surface area contributed by atoms with Gasteiger partial charge in [0.25, 0.3) is 0 Å². The van der Waals surface area contributed by atoms with E-state index in [-0.39, 0.29) is 24.5 Å². The molecule has 1 aromatic rings. The van der Waals surface area contributed by atoms with E-state index < -0.39 is 0 Å². The van der Waals surface area contributed by atoms with Crippen molar-refractivity contribution < 1.29 is 9.59 Å². The molecule has 0 spiro atoms. The second kappa shape index (κ2) is 8.34. The molecule has 3 rings (SSSR count). The molecule has 0 aliphatic carbocycles. The van der Waals surface area contributed by atoms with Gasteiger partial charge in [-0.15, -0.1) is 0 Å². The van der Waals surface area contributed by atoms with E-state index in [1.807, 2.05) is 17.0 Å². The van der Waals surface area contributed by atoms with Crippen LogP contribution in [0.5, 0.6) is 0 Å². The van der Waals surface area contributed by atoms with Crippen LogP contribution >= 0.6 is 0 Å². The molecule has 6 heteroatoms. The molecular weight excluding hydrogens is 316 g/mol. The van der Waals surface area contributed by atoms with Crippen LogP contribution in [0.2, 0.25) is 0 Å². The normalized spacial score (nSPS) is 19.4. The van der Waals surface area contributed by atoms with Gasteiger partial charge in [0.2, 0.25) is 5.91 Å². The molecule has 136 valence electrons. The Morgan fingerprint density at radius 2 is 2.12 bits per heavy atom. The Labute approximate surface area is 149 Å². The van der Waals surface area contributed by atoms with Crippen molar-refractivity contribution >= 4 is 11.9 Å². The first kappa shape index (κ1) is 17.7. The standard InChI is InChI=1S/C19H28N4O2/c1-2-10-23(17-7-9-20-12-17)18(24)13-21-19(25)22-11-8-15-5-3-4-6-16(15)14-22/h3-6,17,20H,2,7-14H2,1H3,(H,21,25). The molecule has 1 atom stereocenters. The van der Waals surface area contributed by atoms with Crippen molar-refractivity contribution in [1.29, 1.82) is 0 Å². The Balaban J connectivity index is 1.52. The molecule has 2 aliphatic heterocycles. The molecule has 3 amide bonds. The highest BCUT2D eigenvalue weighted by molar-refractivity contribution is 5.84. The summed E-state index contributed by atoms with van der Waals surface area (Å²) in [5, 5.41) is 6.12. The van der Waals surface area contributed by atoms with Crippen molar-refractivity contribution in [3.63, 3.8) is 0 Å². The van der Waals surface area contributed by atoms with Crippen LogP contribution < -0.4 is 10.6 Å². The van der Waals surface area contributed by atoms with E-state index >= 15 is 0 Å². The van der Waals surface area contributed by atoms with E-state index in [1.54, 1.807) is 4.90 Å². The number of fused-ring (bicyclic) bond motifs is 1. The Bertz CT molecular complexity index is 613. The van der Waals surface area contributed by atoms with Gasteiger partial charge in [-0.3, -0.25) is 4.79 Å². The van der Waals surface area contributed by atoms with Gasteiger partial charge in [0.1, 0.15) is 0 Å². The maximum absolute atomic E-state index is 12.6. The number of nitrogens with zero attached hydrogens (tertiary/aromatic N) is 2. The first-order chi connectivity index (χ1) is 12.2. The van der Waals surface area contributed by atoms with E-state index in [2.05, 4.69) is 29.7 Å². The Morgan fingerprint density at radius 3 is 2.84 bits per heavy atom. The van der Waals surface area contributed by atoms with Crippen molar-refractivity contribution in [2.45, 2.75) is 38.8 Å². The van der Waals surface area contributed by atoms with Crippen LogP contribution in [0.15, 0.2) is 24.3 Å². The minimum Gasteiger partial charge on any atom is -0.337 e. The molecule has 2 heterocycles. The molecule has 0 bridgehead atoms. The van der Waals surface area contributed by atoms with Crippen LogP contribution in [0, 0.1) is 0 Å². The van der Waals surface area contributed by atoms with Crippen LogP contribution in [0.3, 0.4) is 0 Å². The first-order valence-electron chi connectivity index (χ1n) is 9.28. The Kier molecular flexibility index (Phi) is 5.91. The van der Waals surface area contributed by atoms with E-state index in [9.17, 15) is 9.59 Å². The molecule has 1 fully saturated rings. The molecule has 6 nitrogen and oxygen atoms in total. The zero-order valence-corrected chi connectivity index (χ0v) is 15.0. The Hall–Kier alpha value is -2.08. The fraction of sp³-hybridized carbons (Fsp3) is 0.579. The molecule has 1 unspecified atom stereocenters. The van der Waals surface area contributed by atoms with Crippen molar-refractivity contribution in [3.8, 4) is 0 Å². The maximum Gasteiger partial charge on any atom is 0.318 e. The number of benzene rings is 1. The Morgan fingerprint density at radius 1 is 1.32 bits per heavy atom. The van der Waals surface area contributed by atoms with Gasteiger partial charge in [0.15, 0.2) is 0 Å². The zero-order chi connectivity index (χ0) is 17.6. The van der Waals surface area contributed by atoms with Crippen molar-refractivity contribution in [3.05, 3.63) is 35.4 Å². The van der Waals surface area contributed by atoms with Crippen molar-refractivity contribution in [1.82, 2.24) is 20.4 Å². The van der Waals surface area contributed by atoms with Gasteiger partial charge in [0, 0.05) is 32.2 Å². The molecule has 0 aromatic heterocycles. The van der Waals surface area contributed by atoms with Crippen molar-refractivity contribution in [2.75, 3.05) is 32.7 Å². The number of nitrogens with one attached hydrogen (secondary N) is 2. The highest BCUT2D eigenvalue weighted by Gasteiger charge is 2.27. The molecule has 0 saturated carbocycles. The number of carbonyl (C=O) groups is 2. The summed E-state index contributed by atoms with van der Waals surface area (Å²) >= 11 is 0. The zero-order valence-electron chi connectivity index (χ0n) is 15.0. The van der Waals surface area contributed by atoms with Gasteiger partial charge in [-0.1, -0.05) is 31.2 Å². The van der Waals surface area contributed by atoms with Crippen LogP contribution in [-0.2, 0) is 17.8 Å². The highest BCUT2D eigenvalue weighted by Crippen LogP contribution is 2.18. The molecule has 2 aliphatic rings. The van der Waals surface area contributed by atoms with E-state index in [1.165, 1.54) is 11.1 Å². The third-order valence-electron chi connectivity index (χ3n) is 5.07. The van der Waals surface area contributed by atoms with Gasteiger partial charge in [-0.05, 0) is 36.9 Å². The predicted octanol–water partition coefficient (Wildman–Crippen LogP) is 1.35. The smallest absolute Gasteiger partial charge is 0.318 e. The van der Waals surface area contributed by atoms with Crippen LogP contribution in [0.1, 0.15) is 30.9 Å². The third kappa shape index (κ3) is 4.31.